The summed E-state index contributed by atoms with van der Waals surface area (Å²) >= 11 is 7.05. The van der Waals surface area contributed by atoms with E-state index in [1.807, 2.05) is 0 Å². The molecule has 0 spiro atoms. The van der Waals surface area contributed by atoms with Gasteiger partial charge in [0.2, 0.25) is 0 Å². The number of nitrogens with one attached hydrogen (secondary N) is 1. The molecule has 0 aliphatic heterocycles. The molecule has 1 aromatic rings. The summed E-state index contributed by atoms with van der Waals surface area (Å²) in [4.78, 5) is 0. The molecule has 0 saturated heterocycles. The number of hydrogen-bond acceptors (Lipinski definition) is 2. The first-order chi connectivity index (χ1) is 8.04. The summed E-state index contributed by atoms with van der Waals surface area (Å²) in [5, 5.41) is 3.62. The van der Waals surface area contributed by atoms with Crippen LogP contribution < -0.4 is 10.1 Å². The summed E-state index contributed by atoms with van der Waals surface area (Å²) in [5.41, 5.74) is 1.61. The van der Waals surface area contributed by atoms with Crippen molar-refractivity contribution < 1.29 is 4.74 Å². The highest BCUT2D eigenvalue weighted by atomic mass is 79.9. The van der Waals surface area contributed by atoms with E-state index in [9.17, 15) is 0 Å². The number of hydrogen-bond donors (Lipinski definition) is 1. The maximum absolute atomic E-state index is 5.29. The molecule has 0 unspecified atom stereocenters. The van der Waals surface area contributed by atoms with Crippen LogP contribution in [0.25, 0.3) is 0 Å². The molecule has 1 aliphatic carbocycles. The van der Waals surface area contributed by atoms with Crippen LogP contribution in [0.5, 0.6) is 5.75 Å². The molecular weight excluding hydrogens is 346 g/mol. The second-order valence-electron chi connectivity index (χ2n) is 4.86. The first-order valence-electron chi connectivity index (χ1n) is 5.81. The molecule has 0 heterocycles. The third kappa shape index (κ3) is 3.04. The van der Waals surface area contributed by atoms with Gasteiger partial charge in [0.05, 0.1) is 16.1 Å². The lowest BCUT2D eigenvalue weighted by Gasteiger charge is -2.39. The van der Waals surface area contributed by atoms with Gasteiger partial charge in [-0.25, -0.2) is 0 Å². The van der Waals surface area contributed by atoms with Crippen LogP contribution in [-0.4, -0.2) is 12.6 Å². The molecule has 0 aromatic heterocycles. The number of methoxy groups -OCH3 is 1. The van der Waals surface area contributed by atoms with Crippen molar-refractivity contribution in [2.75, 3.05) is 7.11 Å². The van der Waals surface area contributed by atoms with Gasteiger partial charge in [-0.1, -0.05) is 0 Å². The second-order valence-corrected chi connectivity index (χ2v) is 6.57. The van der Waals surface area contributed by atoms with Crippen molar-refractivity contribution in [1.82, 2.24) is 5.32 Å². The minimum Gasteiger partial charge on any atom is -0.494 e. The summed E-state index contributed by atoms with van der Waals surface area (Å²) in [6.45, 7) is 3.20. The first kappa shape index (κ1) is 13.4. The molecule has 0 radical (unpaired) electrons. The fourth-order valence-electron chi connectivity index (χ4n) is 2.11. The van der Waals surface area contributed by atoms with Gasteiger partial charge < -0.3 is 10.1 Å². The van der Waals surface area contributed by atoms with E-state index >= 15 is 0 Å². The van der Waals surface area contributed by atoms with Crippen LogP contribution in [0.1, 0.15) is 31.7 Å². The van der Waals surface area contributed by atoms with E-state index in [1.54, 1.807) is 7.11 Å². The molecule has 0 bridgehead atoms. The molecule has 1 saturated carbocycles. The lowest BCUT2D eigenvalue weighted by molar-refractivity contribution is 0.207. The Labute approximate surface area is 119 Å². The fraction of sp³-hybridized carbons (Fsp3) is 0.538. The van der Waals surface area contributed by atoms with Crippen LogP contribution in [0, 0.1) is 0 Å². The van der Waals surface area contributed by atoms with Crippen molar-refractivity contribution in [2.24, 2.45) is 0 Å². The predicted octanol–water partition coefficient (Wildman–Crippen LogP) is 4.25. The average Bonchev–Trinajstić information content (AvgIpc) is 2.23. The molecule has 1 fully saturated rings. The first-order valence-corrected chi connectivity index (χ1v) is 7.40. The lowest BCUT2D eigenvalue weighted by Crippen LogP contribution is -2.47. The quantitative estimate of drug-likeness (QED) is 0.864. The minimum atomic E-state index is 0.346. The molecule has 1 N–H and O–H groups in total. The highest BCUT2D eigenvalue weighted by Crippen LogP contribution is 2.35. The maximum atomic E-state index is 5.29. The molecule has 17 heavy (non-hydrogen) atoms. The number of halogens is 2. The summed E-state index contributed by atoms with van der Waals surface area (Å²) in [6, 6.07) is 4.22. The molecule has 2 rings (SSSR count). The van der Waals surface area contributed by atoms with E-state index in [0.717, 1.165) is 21.2 Å². The Morgan fingerprint density at radius 2 is 1.88 bits per heavy atom. The van der Waals surface area contributed by atoms with Gasteiger partial charge in [-0.05, 0) is 75.7 Å². The maximum Gasteiger partial charge on any atom is 0.147 e. The molecular formula is C13H17Br2NO. The third-order valence-electron chi connectivity index (χ3n) is 3.44. The minimum absolute atomic E-state index is 0.346. The van der Waals surface area contributed by atoms with Gasteiger partial charge in [-0.3, -0.25) is 0 Å². The van der Waals surface area contributed by atoms with Crippen molar-refractivity contribution in [3.8, 4) is 5.75 Å². The lowest BCUT2D eigenvalue weighted by atomic mass is 9.78. The summed E-state index contributed by atoms with van der Waals surface area (Å²) in [7, 11) is 1.68. The van der Waals surface area contributed by atoms with Crippen LogP contribution in [0.3, 0.4) is 0 Å². The fourth-order valence-corrected chi connectivity index (χ4v) is 3.71. The summed E-state index contributed by atoms with van der Waals surface area (Å²) < 4.78 is 7.28. The van der Waals surface area contributed by atoms with E-state index in [0.29, 0.717) is 5.54 Å². The molecule has 1 aliphatic rings. The smallest absolute Gasteiger partial charge is 0.147 e. The van der Waals surface area contributed by atoms with E-state index in [1.165, 1.54) is 24.8 Å². The Kier molecular flexibility index (Phi) is 4.16. The van der Waals surface area contributed by atoms with Gasteiger partial charge in [0.1, 0.15) is 5.75 Å². The van der Waals surface area contributed by atoms with Crippen LogP contribution >= 0.6 is 31.9 Å². The Morgan fingerprint density at radius 3 is 2.29 bits per heavy atom. The largest absolute Gasteiger partial charge is 0.494 e. The predicted molar refractivity (Wildman–Crippen MR) is 77.5 cm³/mol. The van der Waals surface area contributed by atoms with Crippen LogP contribution in [0.15, 0.2) is 21.1 Å². The number of rotatable bonds is 4. The Bertz CT molecular complexity index is 393. The van der Waals surface area contributed by atoms with Gasteiger partial charge in [0.15, 0.2) is 0 Å². The Balaban J connectivity index is 2.06. The second kappa shape index (κ2) is 5.29. The van der Waals surface area contributed by atoms with E-state index < -0.39 is 0 Å². The third-order valence-corrected chi connectivity index (χ3v) is 4.62. The Hall–Kier alpha value is -0.0600. The van der Waals surface area contributed by atoms with Crippen molar-refractivity contribution in [2.45, 2.75) is 38.3 Å². The van der Waals surface area contributed by atoms with E-state index in [4.69, 9.17) is 4.74 Å². The van der Waals surface area contributed by atoms with Gasteiger partial charge in [-0.2, -0.15) is 0 Å². The van der Waals surface area contributed by atoms with Gasteiger partial charge in [0, 0.05) is 12.1 Å². The summed E-state index contributed by atoms with van der Waals surface area (Å²) in [6.07, 6.45) is 3.91. The zero-order valence-corrected chi connectivity index (χ0v) is 13.3. The zero-order chi connectivity index (χ0) is 12.5. The standard InChI is InChI=1S/C13H17Br2NO/c1-13(4-3-5-13)16-8-9-6-10(14)12(17-2)11(15)7-9/h6-7,16H,3-5,8H2,1-2H3. The normalized spacial score (nSPS) is 17.6. The van der Waals surface area contributed by atoms with Gasteiger partial charge >= 0.3 is 0 Å². The van der Waals surface area contributed by atoms with Gasteiger partial charge in [-0.15, -0.1) is 0 Å². The highest BCUT2D eigenvalue weighted by Gasteiger charge is 2.30. The van der Waals surface area contributed by atoms with Crippen LogP contribution in [0.4, 0.5) is 0 Å². The van der Waals surface area contributed by atoms with Crippen LogP contribution in [0.2, 0.25) is 0 Å². The van der Waals surface area contributed by atoms with Crippen molar-refractivity contribution in [1.29, 1.82) is 0 Å². The van der Waals surface area contributed by atoms with Crippen molar-refractivity contribution >= 4 is 31.9 Å². The van der Waals surface area contributed by atoms with Crippen LogP contribution in [-0.2, 0) is 6.54 Å². The molecule has 2 nitrogen and oxygen atoms in total. The SMILES string of the molecule is COc1c(Br)cc(CNC2(C)CCC2)cc1Br. The van der Waals surface area contributed by atoms with Crippen molar-refractivity contribution in [3.63, 3.8) is 0 Å². The molecule has 0 amide bonds. The molecule has 1 aromatic carbocycles. The van der Waals surface area contributed by atoms with E-state index in [2.05, 4.69) is 56.2 Å². The van der Waals surface area contributed by atoms with Gasteiger partial charge in [0.25, 0.3) is 0 Å². The number of ether oxygens (including phenoxy) is 1. The zero-order valence-electron chi connectivity index (χ0n) is 10.1. The molecule has 0 atom stereocenters. The topological polar surface area (TPSA) is 21.3 Å². The number of benzene rings is 1. The average molecular weight is 363 g/mol. The Morgan fingerprint density at radius 1 is 1.29 bits per heavy atom. The van der Waals surface area contributed by atoms with E-state index in [-0.39, 0.29) is 0 Å². The van der Waals surface area contributed by atoms with Crippen molar-refractivity contribution in [3.05, 3.63) is 26.6 Å². The molecule has 94 valence electrons. The molecule has 4 heteroatoms. The highest BCUT2D eigenvalue weighted by molar-refractivity contribution is 9.11. The monoisotopic (exact) mass is 361 g/mol. The summed E-state index contributed by atoms with van der Waals surface area (Å²) in [5.74, 6) is 0.851.